The molecular weight excluding hydrogens is 424 g/mol. The average molecular weight is 441 g/mol. The minimum atomic E-state index is -0.363. The molecular formula is C20H17BrN4OS. The molecule has 0 saturated heterocycles. The molecule has 1 aromatic heterocycles. The fraction of sp³-hybridized carbons (Fsp3) is 0.150. The van der Waals surface area contributed by atoms with Gasteiger partial charge in [-0.2, -0.15) is 4.98 Å². The number of nitrogens with one attached hydrogen (secondary N) is 1. The first-order valence-corrected chi connectivity index (χ1v) is 10.4. The molecule has 4 rings (SSSR count). The monoisotopic (exact) mass is 440 g/mol. The van der Waals surface area contributed by atoms with Gasteiger partial charge in [0.15, 0.2) is 11.9 Å². The summed E-state index contributed by atoms with van der Waals surface area (Å²) in [5, 5.41) is 12.6. The van der Waals surface area contributed by atoms with E-state index in [2.05, 4.69) is 54.6 Å². The number of anilines is 1. The SMILES string of the molecule is CSc1nnc2c(n1)OC(/C(C)=C/c1ccccc1)Nc1ccc(Br)cc1-2. The van der Waals surface area contributed by atoms with Crippen molar-refractivity contribution < 1.29 is 4.74 Å². The second-order valence-electron chi connectivity index (χ2n) is 6.08. The Morgan fingerprint density at radius 1 is 1.19 bits per heavy atom. The van der Waals surface area contributed by atoms with Gasteiger partial charge in [-0.3, -0.25) is 0 Å². The number of benzene rings is 2. The van der Waals surface area contributed by atoms with Gasteiger partial charge in [-0.25, -0.2) is 0 Å². The molecule has 1 N–H and O–H groups in total. The van der Waals surface area contributed by atoms with Gasteiger partial charge in [-0.05, 0) is 42.5 Å². The summed E-state index contributed by atoms with van der Waals surface area (Å²) in [6.45, 7) is 2.04. The van der Waals surface area contributed by atoms with Crippen molar-refractivity contribution in [3.63, 3.8) is 0 Å². The molecule has 1 atom stereocenters. The number of hydrogen-bond acceptors (Lipinski definition) is 6. The molecule has 0 radical (unpaired) electrons. The third-order valence-corrected chi connectivity index (χ3v) is 5.21. The van der Waals surface area contributed by atoms with Crippen LogP contribution >= 0.6 is 27.7 Å². The standard InChI is InChI=1S/C20H17BrN4OS/c1-12(10-13-6-4-3-5-7-13)18-22-16-9-8-14(21)11-15(16)17-19(26-18)23-20(27-2)25-24-17/h3-11,18,22H,1-2H3/b12-10+. The van der Waals surface area contributed by atoms with Crippen LogP contribution < -0.4 is 10.1 Å². The quantitative estimate of drug-likeness (QED) is 0.560. The van der Waals surface area contributed by atoms with Crippen LogP contribution in [0.1, 0.15) is 12.5 Å². The van der Waals surface area contributed by atoms with E-state index in [1.54, 1.807) is 0 Å². The number of hydrogen-bond donors (Lipinski definition) is 1. The lowest BCUT2D eigenvalue weighted by Gasteiger charge is -2.20. The Hall–Kier alpha value is -2.38. The minimum absolute atomic E-state index is 0.363. The van der Waals surface area contributed by atoms with Gasteiger partial charge in [0.1, 0.15) is 0 Å². The van der Waals surface area contributed by atoms with Crippen LogP contribution in [0.4, 0.5) is 5.69 Å². The van der Waals surface area contributed by atoms with Gasteiger partial charge in [0.2, 0.25) is 11.0 Å². The van der Waals surface area contributed by atoms with Crippen molar-refractivity contribution in [1.29, 1.82) is 0 Å². The summed E-state index contributed by atoms with van der Waals surface area (Å²) in [4.78, 5) is 4.54. The Balaban J connectivity index is 1.80. The van der Waals surface area contributed by atoms with E-state index < -0.39 is 0 Å². The molecule has 0 fully saturated rings. The first-order chi connectivity index (χ1) is 13.1. The summed E-state index contributed by atoms with van der Waals surface area (Å²) in [6, 6.07) is 16.2. The number of halogens is 1. The third kappa shape index (κ3) is 3.84. The van der Waals surface area contributed by atoms with E-state index >= 15 is 0 Å². The summed E-state index contributed by atoms with van der Waals surface area (Å²) < 4.78 is 7.19. The molecule has 0 saturated carbocycles. The van der Waals surface area contributed by atoms with E-state index in [1.165, 1.54) is 11.8 Å². The first kappa shape index (κ1) is 18.0. The molecule has 3 aromatic rings. The molecule has 7 heteroatoms. The number of rotatable bonds is 3. The lowest BCUT2D eigenvalue weighted by Crippen LogP contribution is -2.27. The molecule has 0 spiro atoms. The molecule has 2 aromatic carbocycles. The van der Waals surface area contributed by atoms with E-state index in [0.29, 0.717) is 16.7 Å². The zero-order chi connectivity index (χ0) is 18.8. The van der Waals surface area contributed by atoms with Crippen molar-refractivity contribution in [1.82, 2.24) is 15.2 Å². The van der Waals surface area contributed by atoms with Crippen molar-refractivity contribution >= 4 is 39.5 Å². The largest absolute Gasteiger partial charge is 0.448 e. The van der Waals surface area contributed by atoms with Gasteiger partial charge < -0.3 is 10.1 Å². The van der Waals surface area contributed by atoms with Gasteiger partial charge >= 0.3 is 0 Å². The fourth-order valence-electron chi connectivity index (χ4n) is 2.85. The van der Waals surface area contributed by atoms with Gasteiger partial charge in [0.25, 0.3) is 0 Å². The van der Waals surface area contributed by atoms with E-state index in [0.717, 1.165) is 26.9 Å². The molecule has 0 bridgehead atoms. The average Bonchev–Trinajstić information content (AvgIpc) is 2.85. The van der Waals surface area contributed by atoms with E-state index in [4.69, 9.17) is 4.74 Å². The Morgan fingerprint density at radius 2 is 2.00 bits per heavy atom. The summed E-state index contributed by atoms with van der Waals surface area (Å²) in [7, 11) is 0. The number of ether oxygens (including phenoxy) is 1. The van der Waals surface area contributed by atoms with Gasteiger partial charge in [0, 0.05) is 15.7 Å². The molecule has 2 heterocycles. The zero-order valence-corrected chi connectivity index (χ0v) is 17.2. The topological polar surface area (TPSA) is 59.9 Å². The Morgan fingerprint density at radius 3 is 2.78 bits per heavy atom. The van der Waals surface area contributed by atoms with Gasteiger partial charge in [0.05, 0.1) is 0 Å². The fourth-order valence-corrected chi connectivity index (χ4v) is 3.51. The van der Waals surface area contributed by atoms with Crippen molar-refractivity contribution in [3.05, 3.63) is 64.1 Å². The van der Waals surface area contributed by atoms with E-state index in [9.17, 15) is 0 Å². The van der Waals surface area contributed by atoms with Crippen molar-refractivity contribution in [2.24, 2.45) is 0 Å². The number of fused-ring (bicyclic) bond motifs is 3. The molecule has 136 valence electrons. The third-order valence-electron chi connectivity index (χ3n) is 4.18. The Kier molecular flexibility index (Phi) is 5.13. The van der Waals surface area contributed by atoms with Crippen LogP contribution in [0.15, 0.2) is 63.7 Å². The van der Waals surface area contributed by atoms with Crippen LogP contribution in [0, 0.1) is 0 Å². The minimum Gasteiger partial charge on any atom is -0.448 e. The number of aromatic nitrogens is 3. The molecule has 1 aliphatic rings. The normalized spacial score (nSPS) is 15.8. The summed E-state index contributed by atoms with van der Waals surface area (Å²) >= 11 is 4.97. The second kappa shape index (κ2) is 7.70. The summed E-state index contributed by atoms with van der Waals surface area (Å²) in [5.74, 6) is 0.476. The highest BCUT2D eigenvalue weighted by Crippen LogP contribution is 2.38. The highest BCUT2D eigenvalue weighted by atomic mass is 79.9. The molecule has 1 unspecified atom stereocenters. The van der Waals surface area contributed by atoms with Crippen LogP contribution in [0.2, 0.25) is 0 Å². The van der Waals surface area contributed by atoms with Crippen molar-refractivity contribution in [2.75, 3.05) is 11.6 Å². The van der Waals surface area contributed by atoms with E-state index in [1.807, 2.05) is 49.6 Å². The second-order valence-corrected chi connectivity index (χ2v) is 7.77. The highest BCUT2D eigenvalue weighted by molar-refractivity contribution is 9.10. The molecule has 0 aliphatic carbocycles. The predicted octanol–water partition coefficient (Wildman–Crippen LogP) is 5.26. The molecule has 1 aliphatic heterocycles. The maximum absolute atomic E-state index is 6.23. The number of thioether (sulfide) groups is 1. The van der Waals surface area contributed by atoms with Crippen LogP contribution in [0.3, 0.4) is 0 Å². The van der Waals surface area contributed by atoms with Crippen LogP contribution in [0.25, 0.3) is 17.3 Å². The van der Waals surface area contributed by atoms with Crippen molar-refractivity contribution in [3.8, 4) is 17.1 Å². The maximum atomic E-state index is 6.23. The molecule has 27 heavy (non-hydrogen) atoms. The summed E-state index contributed by atoms with van der Waals surface area (Å²) in [6.07, 6.45) is 3.66. The van der Waals surface area contributed by atoms with Crippen LogP contribution in [-0.2, 0) is 0 Å². The lowest BCUT2D eigenvalue weighted by molar-refractivity contribution is 0.255. The Labute approximate surface area is 170 Å². The zero-order valence-electron chi connectivity index (χ0n) is 14.8. The summed E-state index contributed by atoms with van der Waals surface area (Å²) in [5.41, 5.74) is 4.61. The highest BCUT2D eigenvalue weighted by Gasteiger charge is 2.26. The van der Waals surface area contributed by atoms with Crippen LogP contribution in [-0.4, -0.2) is 27.7 Å². The van der Waals surface area contributed by atoms with Crippen LogP contribution in [0.5, 0.6) is 5.88 Å². The number of nitrogens with zero attached hydrogens (tertiary/aromatic N) is 3. The van der Waals surface area contributed by atoms with Gasteiger partial charge in [-0.1, -0.05) is 64.1 Å². The Bertz CT molecular complexity index is 1010. The smallest absolute Gasteiger partial charge is 0.247 e. The van der Waals surface area contributed by atoms with Gasteiger partial charge in [-0.15, -0.1) is 10.2 Å². The maximum Gasteiger partial charge on any atom is 0.247 e. The predicted molar refractivity (Wildman–Crippen MR) is 113 cm³/mol. The van der Waals surface area contributed by atoms with E-state index in [-0.39, 0.29) is 6.23 Å². The first-order valence-electron chi connectivity index (χ1n) is 8.39. The molecule has 5 nitrogen and oxygen atoms in total. The molecule has 0 amide bonds. The van der Waals surface area contributed by atoms with Crippen molar-refractivity contribution in [2.45, 2.75) is 18.3 Å². The lowest BCUT2D eigenvalue weighted by atomic mass is 10.1.